The maximum absolute atomic E-state index is 14.4. The first kappa shape index (κ1) is 22.0. The number of hydrogen-bond donors (Lipinski definition) is 1. The molecule has 4 nitrogen and oxygen atoms in total. The van der Waals surface area contributed by atoms with Crippen molar-refractivity contribution in [2.24, 2.45) is 5.92 Å². The van der Waals surface area contributed by atoms with Crippen molar-refractivity contribution >= 4 is 29.2 Å². The molecule has 1 N–H and O–H groups in total. The molecule has 0 radical (unpaired) electrons. The van der Waals surface area contributed by atoms with E-state index in [9.17, 15) is 8.78 Å². The van der Waals surface area contributed by atoms with Crippen LogP contribution in [0.3, 0.4) is 0 Å². The SMILES string of the molecule is COc1cc(C2(C)c3cnc(NCc4ccc(Cl)cc4F)n3C3C=CC(F)=CC32)ccc1Cl. The van der Waals surface area contributed by atoms with Gasteiger partial charge in [-0.3, -0.25) is 0 Å². The van der Waals surface area contributed by atoms with Crippen molar-refractivity contribution in [3.05, 3.63) is 99.3 Å². The van der Waals surface area contributed by atoms with Crippen LogP contribution in [0.25, 0.3) is 0 Å². The van der Waals surface area contributed by atoms with Crippen molar-refractivity contribution < 1.29 is 13.5 Å². The number of rotatable bonds is 5. The molecule has 8 heteroatoms. The number of ether oxygens (including phenoxy) is 1. The third kappa shape index (κ3) is 3.52. The highest BCUT2D eigenvalue weighted by atomic mass is 35.5. The van der Waals surface area contributed by atoms with E-state index in [1.807, 2.05) is 18.2 Å². The number of imidazole rings is 1. The molecular weight excluding hydrogens is 467 g/mol. The van der Waals surface area contributed by atoms with Crippen molar-refractivity contribution in [2.75, 3.05) is 12.4 Å². The molecule has 2 heterocycles. The zero-order valence-corrected chi connectivity index (χ0v) is 19.5. The van der Waals surface area contributed by atoms with Gasteiger partial charge in [-0.2, -0.15) is 0 Å². The average molecular weight is 488 g/mol. The molecule has 1 aromatic heterocycles. The van der Waals surface area contributed by atoms with Crippen LogP contribution in [0.15, 0.2) is 66.6 Å². The quantitative estimate of drug-likeness (QED) is 0.427. The summed E-state index contributed by atoms with van der Waals surface area (Å²) in [6.07, 6.45) is 6.76. The fraction of sp³-hybridized carbons (Fsp3) is 0.240. The Kier molecular flexibility index (Phi) is 5.46. The number of methoxy groups -OCH3 is 1. The van der Waals surface area contributed by atoms with E-state index < -0.39 is 5.41 Å². The molecule has 0 spiro atoms. The van der Waals surface area contributed by atoms with Gasteiger partial charge in [-0.05, 0) is 48.9 Å². The fourth-order valence-electron chi connectivity index (χ4n) is 4.90. The van der Waals surface area contributed by atoms with Crippen LogP contribution in [0.5, 0.6) is 5.75 Å². The predicted octanol–water partition coefficient (Wildman–Crippen LogP) is 6.85. The Labute approximate surface area is 200 Å². The summed E-state index contributed by atoms with van der Waals surface area (Å²) in [6, 6.07) is 10.0. The fourth-order valence-corrected chi connectivity index (χ4v) is 5.26. The molecule has 2 aliphatic rings. The number of allylic oxidation sites excluding steroid dienone is 4. The number of hydrogen-bond acceptors (Lipinski definition) is 3. The molecule has 0 saturated carbocycles. The highest BCUT2D eigenvalue weighted by molar-refractivity contribution is 6.32. The summed E-state index contributed by atoms with van der Waals surface area (Å²) in [6.45, 7) is 2.30. The van der Waals surface area contributed by atoms with Crippen molar-refractivity contribution in [3.8, 4) is 5.75 Å². The van der Waals surface area contributed by atoms with Crippen LogP contribution >= 0.6 is 23.2 Å². The lowest BCUT2D eigenvalue weighted by Gasteiger charge is -2.33. The maximum Gasteiger partial charge on any atom is 0.203 e. The highest BCUT2D eigenvalue weighted by Gasteiger charge is 2.51. The molecule has 5 rings (SSSR count). The minimum atomic E-state index is -0.594. The predicted molar refractivity (Wildman–Crippen MR) is 126 cm³/mol. The lowest BCUT2D eigenvalue weighted by molar-refractivity contribution is 0.387. The molecule has 2 aromatic carbocycles. The maximum atomic E-state index is 14.4. The second kappa shape index (κ2) is 8.19. The van der Waals surface area contributed by atoms with Gasteiger partial charge in [-0.1, -0.05) is 41.4 Å². The van der Waals surface area contributed by atoms with Gasteiger partial charge in [0, 0.05) is 28.5 Å². The number of nitrogens with one attached hydrogen (secondary N) is 1. The number of anilines is 1. The van der Waals surface area contributed by atoms with Gasteiger partial charge in [-0.25, -0.2) is 13.8 Å². The third-order valence-corrected chi connectivity index (χ3v) is 7.20. The molecule has 1 aliphatic heterocycles. The normalized spacial score (nSPS) is 23.2. The van der Waals surface area contributed by atoms with E-state index in [0.717, 1.165) is 11.3 Å². The molecule has 33 heavy (non-hydrogen) atoms. The molecule has 1 aliphatic carbocycles. The van der Waals surface area contributed by atoms with Crippen LogP contribution in [0.2, 0.25) is 10.0 Å². The van der Waals surface area contributed by atoms with E-state index in [1.54, 1.807) is 37.6 Å². The Balaban J connectivity index is 1.57. The van der Waals surface area contributed by atoms with E-state index in [0.29, 0.717) is 27.3 Å². The number of nitrogens with zero attached hydrogens (tertiary/aromatic N) is 2. The lowest BCUT2D eigenvalue weighted by Crippen LogP contribution is -2.30. The Morgan fingerprint density at radius 3 is 2.76 bits per heavy atom. The average Bonchev–Trinajstić information content (AvgIpc) is 3.32. The van der Waals surface area contributed by atoms with E-state index in [2.05, 4.69) is 21.8 Å². The van der Waals surface area contributed by atoms with Crippen molar-refractivity contribution in [2.45, 2.75) is 24.9 Å². The van der Waals surface area contributed by atoms with Crippen LogP contribution in [0.4, 0.5) is 14.7 Å². The molecule has 3 unspecified atom stereocenters. The summed E-state index contributed by atoms with van der Waals surface area (Å²) in [5.41, 5.74) is 1.73. The number of benzene rings is 2. The van der Waals surface area contributed by atoms with E-state index in [-0.39, 0.29) is 30.1 Å². The van der Waals surface area contributed by atoms with Crippen LogP contribution in [-0.2, 0) is 12.0 Å². The second-order valence-electron chi connectivity index (χ2n) is 8.41. The molecule has 0 fully saturated rings. The van der Waals surface area contributed by atoms with Gasteiger partial charge in [0.15, 0.2) is 0 Å². The molecule has 170 valence electrons. The van der Waals surface area contributed by atoms with Gasteiger partial charge >= 0.3 is 0 Å². The summed E-state index contributed by atoms with van der Waals surface area (Å²) in [4.78, 5) is 4.59. The largest absolute Gasteiger partial charge is 0.495 e. The topological polar surface area (TPSA) is 39.1 Å². The monoisotopic (exact) mass is 487 g/mol. The molecule has 3 atom stereocenters. The van der Waals surface area contributed by atoms with Crippen molar-refractivity contribution in [1.29, 1.82) is 0 Å². The summed E-state index contributed by atoms with van der Waals surface area (Å²) in [5.74, 6) is 0.275. The summed E-state index contributed by atoms with van der Waals surface area (Å²) < 4.78 is 36.2. The number of fused-ring (bicyclic) bond motifs is 3. The molecule has 3 aromatic rings. The van der Waals surface area contributed by atoms with E-state index >= 15 is 0 Å². The minimum Gasteiger partial charge on any atom is -0.495 e. The number of halogens is 4. The first-order chi connectivity index (χ1) is 15.8. The number of aromatic nitrogens is 2. The van der Waals surface area contributed by atoms with Gasteiger partial charge in [-0.15, -0.1) is 0 Å². The van der Waals surface area contributed by atoms with Crippen LogP contribution in [0.1, 0.15) is 29.8 Å². The van der Waals surface area contributed by atoms with Gasteiger partial charge < -0.3 is 14.6 Å². The first-order valence-electron chi connectivity index (χ1n) is 10.5. The molecule has 0 bridgehead atoms. The van der Waals surface area contributed by atoms with Gasteiger partial charge in [0.25, 0.3) is 0 Å². The smallest absolute Gasteiger partial charge is 0.203 e. The third-order valence-electron chi connectivity index (χ3n) is 6.66. The second-order valence-corrected chi connectivity index (χ2v) is 9.25. The Morgan fingerprint density at radius 2 is 2.00 bits per heavy atom. The Bertz CT molecular complexity index is 1300. The summed E-state index contributed by atoms with van der Waals surface area (Å²) in [5, 5.41) is 4.09. The van der Waals surface area contributed by atoms with Gasteiger partial charge in [0.05, 0.1) is 30.1 Å². The van der Waals surface area contributed by atoms with Crippen LogP contribution in [0, 0.1) is 11.7 Å². The van der Waals surface area contributed by atoms with Crippen molar-refractivity contribution in [3.63, 3.8) is 0 Å². The van der Waals surface area contributed by atoms with E-state index in [4.69, 9.17) is 27.9 Å². The Morgan fingerprint density at radius 1 is 1.18 bits per heavy atom. The highest BCUT2D eigenvalue weighted by Crippen LogP contribution is 2.55. The van der Waals surface area contributed by atoms with Crippen LogP contribution in [-0.4, -0.2) is 16.7 Å². The molecule has 0 amide bonds. The summed E-state index contributed by atoms with van der Waals surface area (Å²) in [7, 11) is 1.57. The van der Waals surface area contributed by atoms with Crippen LogP contribution < -0.4 is 10.1 Å². The lowest BCUT2D eigenvalue weighted by atomic mass is 9.68. The standard InChI is InChI=1S/C25H21Cl2F2N3O/c1-25(15-4-7-19(27)22(9-15)33-2)18-11-17(28)6-8-21(18)32-23(25)13-31-24(32)30-12-14-3-5-16(26)10-20(14)29/h3-11,13,18,21H,12H2,1-2H3,(H,30,31). The van der Waals surface area contributed by atoms with E-state index in [1.165, 1.54) is 12.1 Å². The van der Waals surface area contributed by atoms with Gasteiger partial charge in [0.2, 0.25) is 5.95 Å². The zero-order valence-electron chi connectivity index (χ0n) is 17.9. The first-order valence-corrected chi connectivity index (χ1v) is 11.2. The summed E-state index contributed by atoms with van der Waals surface area (Å²) >= 11 is 12.1. The van der Waals surface area contributed by atoms with Gasteiger partial charge in [0.1, 0.15) is 17.4 Å². The molecular formula is C25H21Cl2F2N3O. The zero-order chi connectivity index (χ0) is 23.3. The van der Waals surface area contributed by atoms with Crippen molar-refractivity contribution in [1.82, 2.24) is 9.55 Å². The Hall–Kier alpha value is -2.83. The molecule has 0 saturated heterocycles. The minimum absolute atomic E-state index is 0.161.